The van der Waals surface area contributed by atoms with Gasteiger partial charge in [-0.15, -0.1) is 24.8 Å². The van der Waals surface area contributed by atoms with Gasteiger partial charge in [0.25, 0.3) is 0 Å². The van der Waals surface area contributed by atoms with E-state index in [4.69, 9.17) is 11.6 Å². The highest BCUT2D eigenvalue weighted by Gasteiger charge is 2.26. The van der Waals surface area contributed by atoms with Crippen molar-refractivity contribution in [1.82, 2.24) is 10.2 Å². The van der Waals surface area contributed by atoms with Crippen molar-refractivity contribution < 1.29 is 13.9 Å². The van der Waals surface area contributed by atoms with Crippen molar-refractivity contribution in [2.75, 3.05) is 32.9 Å². The summed E-state index contributed by atoms with van der Waals surface area (Å²) in [6, 6.07) is 1.79. The maximum Gasteiger partial charge on any atom is 0.166 e. The van der Waals surface area contributed by atoms with Gasteiger partial charge in [0.05, 0.1) is 6.04 Å². The first-order valence-electron chi connectivity index (χ1n) is 5.82. The summed E-state index contributed by atoms with van der Waals surface area (Å²) in [7, 11) is 0. The van der Waals surface area contributed by atoms with Gasteiger partial charge < -0.3 is 10.4 Å². The van der Waals surface area contributed by atoms with Crippen molar-refractivity contribution in [2.24, 2.45) is 0 Å². The number of hydrogen-bond donors (Lipinski definition) is 2. The summed E-state index contributed by atoms with van der Waals surface area (Å²) in [5, 5.41) is 13.0. The minimum absolute atomic E-state index is 0. The maximum atomic E-state index is 13.4. The van der Waals surface area contributed by atoms with Crippen LogP contribution < -0.4 is 5.32 Å². The second-order valence-corrected chi connectivity index (χ2v) is 4.72. The van der Waals surface area contributed by atoms with Gasteiger partial charge >= 0.3 is 0 Å². The summed E-state index contributed by atoms with van der Waals surface area (Å²) >= 11 is 5.76. The van der Waals surface area contributed by atoms with Gasteiger partial charge in [0.1, 0.15) is 6.67 Å². The number of rotatable bonds is 3. The Morgan fingerprint density at radius 3 is 2.45 bits per heavy atom. The van der Waals surface area contributed by atoms with E-state index in [1.54, 1.807) is 0 Å². The van der Waals surface area contributed by atoms with Crippen molar-refractivity contribution in [2.45, 2.75) is 6.04 Å². The van der Waals surface area contributed by atoms with Crippen LogP contribution in [-0.2, 0) is 0 Å². The number of aromatic hydroxyl groups is 1. The summed E-state index contributed by atoms with van der Waals surface area (Å²) in [4.78, 5) is 1.88. The Kier molecular flexibility index (Phi) is 8.70. The molecular weight excluding hydrogens is 333 g/mol. The number of alkyl halides is 1. The Bertz CT molecular complexity index is 431. The lowest BCUT2D eigenvalue weighted by Crippen LogP contribution is -2.45. The molecule has 1 saturated heterocycles. The number of piperazine rings is 1. The van der Waals surface area contributed by atoms with Crippen LogP contribution in [0.1, 0.15) is 11.6 Å². The third-order valence-corrected chi connectivity index (χ3v) is 3.37. The van der Waals surface area contributed by atoms with E-state index < -0.39 is 24.3 Å². The standard InChI is InChI=1S/C12H15ClF2N2O.2ClH/c13-8-5-9(12(18)10(15)6-8)11(7-14)17-3-1-16-2-4-17;;/h5-6,11,16,18H,1-4,7H2;2*1H/t11-;;/m1../s1. The van der Waals surface area contributed by atoms with E-state index >= 15 is 0 Å². The molecule has 3 nitrogen and oxygen atoms in total. The fraction of sp³-hybridized carbons (Fsp3) is 0.500. The van der Waals surface area contributed by atoms with Crippen LogP contribution in [0.5, 0.6) is 5.75 Å². The number of nitrogens with one attached hydrogen (secondary N) is 1. The van der Waals surface area contributed by atoms with E-state index in [1.165, 1.54) is 6.07 Å². The fourth-order valence-electron chi connectivity index (χ4n) is 2.21. The molecule has 1 heterocycles. The Balaban J connectivity index is 0.00000180. The number of benzene rings is 1. The number of nitrogens with zero attached hydrogens (tertiary/aromatic N) is 1. The molecule has 0 unspecified atom stereocenters. The number of phenolic OH excluding ortho intramolecular Hbond substituents is 1. The van der Waals surface area contributed by atoms with E-state index in [1.807, 2.05) is 4.90 Å². The van der Waals surface area contributed by atoms with Gasteiger partial charge in [-0.25, -0.2) is 8.78 Å². The zero-order valence-electron chi connectivity index (χ0n) is 10.6. The molecule has 0 amide bonds. The van der Waals surface area contributed by atoms with Gasteiger partial charge in [0, 0.05) is 36.8 Å². The van der Waals surface area contributed by atoms with Crippen LogP contribution >= 0.6 is 36.4 Å². The van der Waals surface area contributed by atoms with Gasteiger partial charge in [0.15, 0.2) is 11.6 Å². The molecule has 0 aromatic heterocycles. The van der Waals surface area contributed by atoms with Crippen LogP contribution in [0.3, 0.4) is 0 Å². The molecule has 1 fully saturated rings. The summed E-state index contributed by atoms with van der Waals surface area (Å²) in [6.45, 7) is 2.12. The van der Waals surface area contributed by atoms with E-state index in [2.05, 4.69) is 5.32 Å². The molecule has 2 N–H and O–H groups in total. The summed E-state index contributed by atoms with van der Waals surface area (Å²) < 4.78 is 26.6. The van der Waals surface area contributed by atoms with Crippen LogP contribution in [-0.4, -0.2) is 42.9 Å². The van der Waals surface area contributed by atoms with Crippen LogP contribution in [0.4, 0.5) is 8.78 Å². The molecular formula is C12H17Cl3F2N2O. The Hall–Kier alpha value is -0.330. The van der Waals surface area contributed by atoms with E-state index in [0.29, 0.717) is 13.1 Å². The molecule has 1 aromatic carbocycles. The predicted octanol–water partition coefficient (Wildman–Crippen LogP) is 2.94. The van der Waals surface area contributed by atoms with E-state index in [9.17, 15) is 13.9 Å². The lowest BCUT2D eigenvalue weighted by molar-refractivity contribution is 0.144. The SMILES string of the molecule is Cl.Cl.Oc1c(F)cc(Cl)cc1[C@@H](CF)N1CCNCC1. The summed E-state index contributed by atoms with van der Waals surface area (Å²) in [5.74, 6) is -1.33. The lowest BCUT2D eigenvalue weighted by atomic mass is 10.0. The number of halogens is 5. The molecule has 0 bridgehead atoms. The zero-order chi connectivity index (χ0) is 13.1. The van der Waals surface area contributed by atoms with Gasteiger partial charge in [-0.05, 0) is 12.1 Å². The van der Waals surface area contributed by atoms with Gasteiger partial charge in [-0.3, -0.25) is 4.90 Å². The maximum absolute atomic E-state index is 13.4. The van der Waals surface area contributed by atoms with Crippen LogP contribution in [0.25, 0.3) is 0 Å². The van der Waals surface area contributed by atoms with Gasteiger partial charge in [-0.1, -0.05) is 11.6 Å². The Morgan fingerprint density at radius 2 is 1.90 bits per heavy atom. The molecule has 20 heavy (non-hydrogen) atoms. The highest BCUT2D eigenvalue weighted by molar-refractivity contribution is 6.30. The summed E-state index contributed by atoms with van der Waals surface area (Å²) in [6.07, 6.45) is 0. The van der Waals surface area contributed by atoms with Crippen molar-refractivity contribution in [3.8, 4) is 5.75 Å². The second-order valence-electron chi connectivity index (χ2n) is 4.28. The Morgan fingerprint density at radius 1 is 1.30 bits per heavy atom. The minimum Gasteiger partial charge on any atom is -0.505 e. The summed E-state index contributed by atoms with van der Waals surface area (Å²) in [5.41, 5.74) is 0.212. The average molecular weight is 350 g/mol. The quantitative estimate of drug-likeness (QED) is 0.881. The minimum atomic E-state index is -0.814. The van der Waals surface area contributed by atoms with E-state index in [-0.39, 0.29) is 35.4 Å². The second kappa shape index (κ2) is 8.85. The first kappa shape index (κ1) is 19.7. The number of phenols is 1. The highest BCUT2D eigenvalue weighted by Crippen LogP contribution is 2.34. The average Bonchev–Trinajstić information content (AvgIpc) is 2.37. The topological polar surface area (TPSA) is 35.5 Å². The molecule has 8 heteroatoms. The largest absolute Gasteiger partial charge is 0.505 e. The lowest BCUT2D eigenvalue weighted by Gasteiger charge is -2.34. The van der Waals surface area contributed by atoms with Gasteiger partial charge in [0.2, 0.25) is 0 Å². The molecule has 0 radical (unpaired) electrons. The van der Waals surface area contributed by atoms with E-state index in [0.717, 1.165) is 19.2 Å². The molecule has 116 valence electrons. The van der Waals surface area contributed by atoms with Crippen molar-refractivity contribution >= 4 is 36.4 Å². The Labute approximate surface area is 134 Å². The fourth-order valence-corrected chi connectivity index (χ4v) is 2.42. The molecule has 1 aliphatic rings. The van der Waals surface area contributed by atoms with Crippen molar-refractivity contribution in [1.29, 1.82) is 0 Å². The first-order chi connectivity index (χ1) is 8.63. The third kappa shape index (κ3) is 4.33. The van der Waals surface area contributed by atoms with Crippen molar-refractivity contribution in [3.63, 3.8) is 0 Å². The van der Waals surface area contributed by atoms with Crippen LogP contribution in [0.15, 0.2) is 12.1 Å². The molecule has 1 aromatic rings. The third-order valence-electron chi connectivity index (χ3n) is 3.16. The van der Waals surface area contributed by atoms with Gasteiger partial charge in [-0.2, -0.15) is 0 Å². The highest BCUT2D eigenvalue weighted by atomic mass is 35.5. The van der Waals surface area contributed by atoms with Crippen LogP contribution in [0.2, 0.25) is 5.02 Å². The molecule has 0 saturated carbocycles. The molecule has 1 aliphatic heterocycles. The molecule has 2 rings (SSSR count). The smallest absolute Gasteiger partial charge is 0.166 e. The molecule has 1 atom stereocenters. The zero-order valence-corrected chi connectivity index (χ0v) is 13.0. The monoisotopic (exact) mass is 348 g/mol. The van der Waals surface area contributed by atoms with Crippen molar-refractivity contribution in [3.05, 3.63) is 28.5 Å². The first-order valence-corrected chi connectivity index (χ1v) is 6.20. The molecule has 0 aliphatic carbocycles. The normalized spacial score (nSPS) is 16.9. The molecule has 0 spiro atoms. The number of hydrogen-bond acceptors (Lipinski definition) is 3. The predicted molar refractivity (Wildman–Crippen MR) is 80.7 cm³/mol. The van der Waals surface area contributed by atoms with Crippen LogP contribution in [0, 0.1) is 5.82 Å².